The molecule has 0 bridgehead atoms. The summed E-state index contributed by atoms with van der Waals surface area (Å²) in [4.78, 5) is 81.3. The smallest absolute Gasteiger partial charge is 0.431 e. The summed E-state index contributed by atoms with van der Waals surface area (Å²) in [6.07, 6.45) is -3.56. The van der Waals surface area contributed by atoms with Crippen LogP contribution in [-0.2, 0) is 54.5 Å². The molecule has 392 valence electrons. The number of benzene rings is 3. The van der Waals surface area contributed by atoms with Crippen molar-refractivity contribution in [2.45, 2.75) is 83.1 Å². The first-order valence-electron chi connectivity index (χ1n) is 21.5. The van der Waals surface area contributed by atoms with Crippen LogP contribution in [0.5, 0.6) is 5.75 Å². The lowest BCUT2D eigenvalue weighted by Gasteiger charge is -2.35. The number of carbonyl (C=O) groups is 4. The number of nitrogens with zero attached hydrogens (tertiary/aromatic N) is 4. The van der Waals surface area contributed by atoms with Gasteiger partial charge in [-0.2, -0.15) is 13.2 Å². The number of aromatic nitrogens is 2. The number of esters is 1. The van der Waals surface area contributed by atoms with Gasteiger partial charge >= 0.3 is 23.8 Å². The predicted molar refractivity (Wildman–Crippen MR) is 268 cm³/mol. The highest BCUT2D eigenvalue weighted by molar-refractivity contribution is 7.57. The van der Waals surface area contributed by atoms with Crippen LogP contribution in [0.1, 0.15) is 68.2 Å². The number of aliphatic carboxylic acids is 1. The summed E-state index contributed by atoms with van der Waals surface area (Å²) >= 11 is 22.9. The predicted octanol–water partition coefficient (Wildman–Crippen LogP) is 8.05. The van der Waals surface area contributed by atoms with Crippen molar-refractivity contribution in [3.8, 4) is 11.4 Å². The van der Waals surface area contributed by atoms with Crippen molar-refractivity contribution in [2.75, 3.05) is 49.0 Å². The number of para-hydroxylation sites is 3. The van der Waals surface area contributed by atoms with E-state index in [2.05, 4.69) is 13.8 Å². The summed E-state index contributed by atoms with van der Waals surface area (Å²) in [5, 5.41) is 8.29. The summed E-state index contributed by atoms with van der Waals surface area (Å²) in [6.45, 7) is 11.1. The molecule has 0 spiro atoms. The summed E-state index contributed by atoms with van der Waals surface area (Å²) in [7, 11) is -0.631. The van der Waals surface area contributed by atoms with Crippen LogP contribution in [0.4, 0.5) is 24.5 Å². The van der Waals surface area contributed by atoms with Crippen molar-refractivity contribution in [3.05, 3.63) is 115 Å². The molecule has 4 aromatic rings. The van der Waals surface area contributed by atoms with Crippen LogP contribution in [0.3, 0.4) is 0 Å². The van der Waals surface area contributed by atoms with Gasteiger partial charge in [-0.15, -0.1) is 11.6 Å². The van der Waals surface area contributed by atoms with Crippen molar-refractivity contribution in [2.24, 2.45) is 12.8 Å². The van der Waals surface area contributed by atoms with Crippen LogP contribution >= 0.6 is 53.8 Å². The summed E-state index contributed by atoms with van der Waals surface area (Å²) < 4.78 is 65.8. The zero-order chi connectivity index (χ0) is 54.1. The molecule has 1 aliphatic heterocycles. The molecule has 2 heterocycles. The fourth-order valence-electron chi connectivity index (χ4n) is 6.49. The van der Waals surface area contributed by atoms with E-state index >= 15 is 0 Å². The molecule has 0 aliphatic carbocycles. The highest BCUT2D eigenvalue weighted by Crippen LogP contribution is 2.36. The average molecular weight is 1100 g/mol. The third-order valence-corrected chi connectivity index (χ3v) is 12.0. The van der Waals surface area contributed by atoms with Gasteiger partial charge in [0.15, 0.2) is 12.2 Å². The van der Waals surface area contributed by atoms with E-state index < -0.39 is 59.4 Å². The van der Waals surface area contributed by atoms with Crippen molar-refractivity contribution in [1.82, 2.24) is 9.13 Å². The third kappa shape index (κ3) is 18.3. The lowest BCUT2D eigenvalue weighted by molar-refractivity contribution is -0.144. The van der Waals surface area contributed by atoms with Gasteiger partial charge in [-0.1, -0.05) is 79.0 Å². The SMILES string of the molecule is CC(C)OC(=O)c1cc(-n2c(=O)cc(C(F)(F)F)n(C)c2=O)ccc1Cl.CC1COc2ccccc2N1C(=O)C(Cl)Cl.CCc1cccc(CC)c1N(COC)C(=O)CCl.CP(=O)(O)CCC(N)C(=O)O. The Morgan fingerprint density at radius 3 is 2.08 bits per heavy atom. The average Bonchev–Trinajstić information content (AvgIpc) is 3.30. The number of fused-ring (bicyclic) bond motifs is 1. The Morgan fingerprint density at radius 2 is 1.59 bits per heavy atom. The van der Waals surface area contributed by atoms with Crippen LogP contribution < -0.4 is 31.5 Å². The van der Waals surface area contributed by atoms with Gasteiger partial charge in [0.1, 0.15) is 36.7 Å². The van der Waals surface area contributed by atoms with E-state index in [9.17, 15) is 46.5 Å². The molecule has 1 aliphatic rings. The topological polar surface area (TPSA) is 230 Å². The Morgan fingerprint density at radius 1 is 1.00 bits per heavy atom. The van der Waals surface area contributed by atoms with E-state index in [0.717, 1.165) is 48.5 Å². The molecular weight excluding hydrogens is 1040 g/mol. The van der Waals surface area contributed by atoms with Gasteiger partial charge in [-0.25, -0.2) is 14.2 Å². The molecule has 1 aromatic heterocycles. The summed E-state index contributed by atoms with van der Waals surface area (Å²) in [5.41, 5.74) is 5.05. The maximum Gasteiger partial charge on any atom is 0.431 e. The molecule has 0 saturated heterocycles. The Hall–Kier alpha value is -4.92. The third-order valence-electron chi connectivity index (χ3n) is 9.93. The number of nitrogens with two attached hydrogens (primary N) is 1. The van der Waals surface area contributed by atoms with Crippen LogP contribution in [0.25, 0.3) is 5.69 Å². The zero-order valence-corrected chi connectivity index (χ0v) is 44.0. The molecule has 3 aromatic carbocycles. The molecule has 0 radical (unpaired) electrons. The van der Waals surface area contributed by atoms with Gasteiger partial charge < -0.3 is 34.8 Å². The Kier molecular flexibility index (Phi) is 24.8. The highest BCUT2D eigenvalue weighted by Gasteiger charge is 2.35. The molecule has 0 fully saturated rings. The fraction of sp³-hybridized carbons (Fsp3) is 0.435. The first kappa shape index (κ1) is 62.2. The van der Waals surface area contributed by atoms with Crippen LogP contribution in [-0.4, -0.2) is 105 Å². The molecule has 2 amide bonds. The Bertz CT molecular complexity index is 2620. The van der Waals surface area contributed by atoms with Crippen LogP contribution in [0.15, 0.2) is 76.3 Å². The Labute approximate surface area is 428 Å². The number of rotatable bonds is 14. The number of amides is 2. The molecule has 4 N–H and O–H groups in total. The lowest BCUT2D eigenvalue weighted by Crippen LogP contribution is -2.47. The second-order valence-corrected chi connectivity index (χ2v) is 20.1. The van der Waals surface area contributed by atoms with E-state index in [1.807, 2.05) is 49.4 Å². The van der Waals surface area contributed by atoms with Gasteiger partial charge in [0.05, 0.1) is 39.8 Å². The zero-order valence-electron chi connectivity index (χ0n) is 40.0. The van der Waals surface area contributed by atoms with Gasteiger partial charge in [-0.3, -0.25) is 33.2 Å². The molecule has 71 heavy (non-hydrogen) atoms. The number of hydrogen-bond donors (Lipinski definition) is 3. The number of hydrogen-bond acceptors (Lipinski definition) is 11. The minimum Gasteiger partial charge on any atom is -0.489 e. The number of carbonyl (C=O) groups excluding carboxylic acids is 3. The number of anilines is 2. The number of ether oxygens (including phenoxy) is 3. The fourth-order valence-corrected chi connectivity index (χ4v) is 7.80. The molecule has 17 nitrogen and oxygen atoms in total. The minimum absolute atomic E-state index is 0.0104. The van der Waals surface area contributed by atoms with E-state index in [4.69, 9.17) is 76.3 Å². The van der Waals surface area contributed by atoms with Crippen molar-refractivity contribution in [1.29, 1.82) is 0 Å². The lowest BCUT2D eigenvalue weighted by atomic mass is 10.0. The number of carboxylic acid groups (broad SMARTS) is 1. The maximum atomic E-state index is 12.9. The maximum absolute atomic E-state index is 12.9. The number of aryl methyl sites for hydroxylation is 2. The molecule has 5 rings (SSSR count). The minimum atomic E-state index is -4.86. The number of methoxy groups -OCH3 is 1. The monoisotopic (exact) mass is 1100 g/mol. The number of alkyl halides is 6. The van der Waals surface area contributed by atoms with Crippen molar-refractivity contribution < 1.29 is 61.1 Å². The van der Waals surface area contributed by atoms with Gasteiger partial charge in [0.2, 0.25) is 5.91 Å². The normalized spacial score (nSPS) is 14.2. The van der Waals surface area contributed by atoms with E-state index in [1.54, 1.807) is 30.8 Å². The van der Waals surface area contributed by atoms with Gasteiger partial charge in [-0.05, 0) is 81.5 Å². The Balaban J connectivity index is 0.000000340. The van der Waals surface area contributed by atoms with Crippen molar-refractivity contribution in [3.63, 3.8) is 0 Å². The molecule has 3 unspecified atom stereocenters. The van der Waals surface area contributed by atoms with E-state index in [1.165, 1.54) is 18.8 Å². The molecule has 25 heteroatoms. The molecule has 3 atom stereocenters. The van der Waals surface area contributed by atoms with Gasteiger partial charge in [0, 0.05) is 33.1 Å². The van der Waals surface area contributed by atoms with Gasteiger partial charge in [0.25, 0.3) is 11.5 Å². The second-order valence-electron chi connectivity index (χ2n) is 15.8. The number of carboxylic acids is 1. The summed E-state index contributed by atoms with van der Waals surface area (Å²) in [5.74, 6) is -1.73. The quantitative estimate of drug-likeness (QED) is 0.0470. The highest BCUT2D eigenvalue weighted by atomic mass is 35.5. The van der Waals surface area contributed by atoms with E-state index in [-0.39, 0.29) is 59.3 Å². The van der Waals surface area contributed by atoms with Crippen LogP contribution in [0.2, 0.25) is 5.02 Å². The second kappa shape index (κ2) is 28.4. The van der Waals surface area contributed by atoms with E-state index in [0.29, 0.717) is 27.6 Å². The molecular formula is C46H57Cl4F3N5O12P. The molecule has 0 saturated carbocycles. The standard InChI is InChI=1S/C16H14ClF3N2O4.C14H20ClNO2.C11H11Cl2NO2.C5H12NO4P/c1-8(2)26-14(24)10-6-9(4-5-11(10)17)22-13(23)7-12(16(18,19)20)21(3)15(22)25;1-4-11-7-6-8-12(5-2)14(11)16(10-18-3)13(17)9-15;1-7-6-16-9-5-3-2-4-8(9)14(7)11(15)10(12)13;1-11(9,10)3-2-4(6)5(7)8/h4-8H,1-3H3;6-8H,4-5,9-10H2,1-3H3;2-5,7,10H,6H2,1H3;4H,2-3,6H2,1H3,(H,7,8)(H,9,10). The van der Waals surface area contributed by atoms with Crippen LogP contribution in [0, 0.1) is 0 Å². The first-order valence-corrected chi connectivity index (χ1v) is 25.6. The van der Waals surface area contributed by atoms with Crippen molar-refractivity contribution >= 4 is 88.9 Å². The summed E-state index contributed by atoms with van der Waals surface area (Å²) in [6, 6.07) is 16.3. The first-order chi connectivity index (χ1) is 33.1. The largest absolute Gasteiger partial charge is 0.489 e. The number of halogens is 7.